The predicted molar refractivity (Wildman–Crippen MR) is 102 cm³/mol. The first-order valence-electron chi connectivity index (χ1n) is 8.97. The summed E-state index contributed by atoms with van der Waals surface area (Å²) < 4.78 is 0. The molecule has 1 saturated heterocycles. The lowest BCUT2D eigenvalue weighted by Crippen LogP contribution is -2.43. The van der Waals surface area contributed by atoms with Gasteiger partial charge in [-0.2, -0.15) is 0 Å². The maximum absolute atomic E-state index is 12.9. The lowest BCUT2D eigenvalue weighted by Gasteiger charge is -2.31. The molecule has 2 amide bonds. The van der Waals surface area contributed by atoms with E-state index < -0.39 is 0 Å². The van der Waals surface area contributed by atoms with Crippen molar-refractivity contribution in [2.45, 2.75) is 40.0 Å². The van der Waals surface area contributed by atoms with E-state index in [1.807, 2.05) is 32.9 Å². The van der Waals surface area contributed by atoms with Crippen molar-refractivity contribution in [1.29, 1.82) is 0 Å². The van der Waals surface area contributed by atoms with Crippen molar-refractivity contribution in [1.82, 2.24) is 14.9 Å². The number of aromatic nitrogens is 2. The van der Waals surface area contributed by atoms with Gasteiger partial charge in [0, 0.05) is 19.3 Å². The van der Waals surface area contributed by atoms with Crippen molar-refractivity contribution >= 4 is 29.0 Å². The molecular formula is C19H24N4O2S. The molecule has 138 valence electrons. The smallest absolute Gasteiger partial charge is 0.265 e. The van der Waals surface area contributed by atoms with E-state index >= 15 is 0 Å². The zero-order valence-corrected chi connectivity index (χ0v) is 16.2. The summed E-state index contributed by atoms with van der Waals surface area (Å²) in [5.41, 5.74) is 1.71. The van der Waals surface area contributed by atoms with E-state index in [0.29, 0.717) is 23.8 Å². The number of nitrogens with one attached hydrogen (secondary N) is 1. The molecule has 1 unspecified atom stereocenters. The average Bonchev–Trinajstić information content (AvgIpc) is 3.04. The molecule has 3 heterocycles. The molecule has 1 N–H and O–H groups in total. The quantitative estimate of drug-likeness (QED) is 0.894. The van der Waals surface area contributed by atoms with E-state index in [9.17, 15) is 9.59 Å². The Labute approximate surface area is 157 Å². The van der Waals surface area contributed by atoms with Crippen LogP contribution in [0, 0.1) is 19.8 Å². The van der Waals surface area contributed by atoms with E-state index in [-0.39, 0.29) is 17.7 Å². The number of aryl methyl sites for hydroxylation is 3. The SMILES string of the molecule is CCc1nc(C)c(C(=O)N2CCCC(C(=O)Nc3ncccc3C)C2)s1. The highest BCUT2D eigenvalue weighted by Crippen LogP contribution is 2.25. The third-order valence-corrected chi connectivity index (χ3v) is 5.96. The van der Waals surface area contributed by atoms with Gasteiger partial charge in [-0.3, -0.25) is 9.59 Å². The number of rotatable bonds is 4. The summed E-state index contributed by atoms with van der Waals surface area (Å²) >= 11 is 1.46. The van der Waals surface area contributed by atoms with Gasteiger partial charge >= 0.3 is 0 Å². The maximum Gasteiger partial charge on any atom is 0.265 e. The molecule has 0 saturated carbocycles. The van der Waals surface area contributed by atoms with Gasteiger partial charge in [0.15, 0.2) is 0 Å². The van der Waals surface area contributed by atoms with E-state index in [4.69, 9.17) is 0 Å². The van der Waals surface area contributed by atoms with Crippen LogP contribution in [-0.4, -0.2) is 39.8 Å². The molecule has 0 bridgehead atoms. The van der Waals surface area contributed by atoms with Crippen LogP contribution in [0.5, 0.6) is 0 Å². The van der Waals surface area contributed by atoms with Gasteiger partial charge in [-0.1, -0.05) is 13.0 Å². The summed E-state index contributed by atoms with van der Waals surface area (Å²) in [6.07, 6.45) is 4.09. The first-order valence-corrected chi connectivity index (χ1v) is 9.79. The molecule has 1 atom stereocenters. The summed E-state index contributed by atoms with van der Waals surface area (Å²) in [5.74, 6) is 0.297. The lowest BCUT2D eigenvalue weighted by atomic mass is 9.97. The largest absolute Gasteiger partial charge is 0.337 e. The van der Waals surface area contributed by atoms with E-state index in [2.05, 4.69) is 15.3 Å². The van der Waals surface area contributed by atoms with Crippen molar-refractivity contribution in [3.05, 3.63) is 39.5 Å². The second kappa shape index (κ2) is 7.95. The van der Waals surface area contributed by atoms with Crippen LogP contribution in [0.15, 0.2) is 18.3 Å². The molecule has 6 nitrogen and oxygen atoms in total. The molecule has 26 heavy (non-hydrogen) atoms. The number of likely N-dealkylation sites (tertiary alicyclic amines) is 1. The van der Waals surface area contributed by atoms with E-state index in [0.717, 1.165) is 35.5 Å². The molecule has 2 aromatic rings. The van der Waals surface area contributed by atoms with Crippen molar-refractivity contribution in [3.63, 3.8) is 0 Å². The molecular weight excluding hydrogens is 348 g/mol. The van der Waals surface area contributed by atoms with Crippen molar-refractivity contribution in [2.24, 2.45) is 5.92 Å². The standard InChI is InChI=1S/C19H24N4O2S/c1-4-15-21-13(3)16(26-15)19(25)23-10-6-8-14(11-23)18(24)22-17-12(2)7-5-9-20-17/h5,7,9,14H,4,6,8,10-11H2,1-3H3,(H,20,22,24). The second-order valence-electron chi connectivity index (χ2n) is 6.62. The number of nitrogens with zero attached hydrogens (tertiary/aromatic N) is 3. The highest BCUT2D eigenvalue weighted by atomic mass is 32.1. The van der Waals surface area contributed by atoms with Crippen LogP contribution in [-0.2, 0) is 11.2 Å². The molecule has 1 aliphatic heterocycles. The molecule has 0 radical (unpaired) electrons. The molecule has 1 fully saturated rings. The highest BCUT2D eigenvalue weighted by molar-refractivity contribution is 7.13. The summed E-state index contributed by atoms with van der Waals surface area (Å²) in [5, 5.41) is 3.88. The minimum absolute atomic E-state index is 0.00813. The highest BCUT2D eigenvalue weighted by Gasteiger charge is 2.30. The number of carbonyl (C=O) groups is 2. The van der Waals surface area contributed by atoms with Crippen LogP contribution in [0.1, 0.15) is 45.7 Å². The summed E-state index contributed by atoms with van der Waals surface area (Å²) in [6.45, 7) is 6.95. The van der Waals surface area contributed by atoms with Crippen LogP contribution in [0.2, 0.25) is 0 Å². The average molecular weight is 372 g/mol. The Morgan fingerprint density at radius 2 is 2.19 bits per heavy atom. The summed E-state index contributed by atoms with van der Waals surface area (Å²) in [7, 11) is 0. The fourth-order valence-corrected chi connectivity index (χ4v) is 4.13. The van der Waals surface area contributed by atoms with Gasteiger partial charge in [-0.05, 0) is 44.7 Å². The normalized spacial score (nSPS) is 17.2. The van der Waals surface area contributed by atoms with Crippen LogP contribution in [0.25, 0.3) is 0 Å². The third kappa shape index (κ3) is 3.93. The molecule has 7 heteroatoms. The monoisotopic (exact) mass is 372 g/mol. The fourth-order valence-electron chi connectivity index (χ4n) is 3.16. The number of hydrogen-bond donors (Lipinski definition) is 1. The van der Waals surface area contributed by atoms with E-state index in [1.54, 1.807) is 11.1 Å². The number of piperidine rings is 1. The minimum atomic E-state index is -0.215. The van der Waals surface area contributed by atoms with Crippen LogP contribution < -0.4 is 5.32 Å². The Kier molecular flexibility index (Phi) is 5.66. The number of thiazole rings is 1. The van der Waals surface area contributed by atoms with Crippen molar-refractivity contribution in [3.8, 4) is 0 Å². The first-order chi connectivity index (χ1) is 12.5. The molecule has 1 aliphatic rings. The van der Waals surface area contributed by atoms with Crippen LogP contribution >= 0.6 is 11.3 Å². The number of carbonyl (C=O) groups excluding carboxylic acids is 2. The van der Waals surface area contributed by atoms with Gasteiger partial charge in [0.05, 0.1) is 16.6 Å². The van der Waals surface area contributed by atoms with Crippen LogP contribution in [0.4, 0.5) is 5.82 Å². The lowest BCUT2D eigenvalue weighted by molar-refractivity contribution is -0.121. The molecule has 2 aromatic heterocycles. The van der Waals surface area contributed by atoms with Gasteiger partial charge in [0.2, 0.25) is 5.91 Å². The zero-order chi connectivity index (χ0) is 18.7. The minimum Gasteiger partial charge on any atom is -0.337 e. The molecule has 0 aliphatic carbocycles. The van der Waals surface area contributed by atoms with E-state index in [1.165, 1.54) is 11.3 Å². The maximum atomic E-state index is 12.9. The predicted octanol–water partition coefficient (Wildman–Crippen LogP) is 3.21. The van der Waals surface area contributed by atoms with Gasteiger partial charge in [-0.25, -0.2) is 9.97 Å². The van der Waals surface area contributed by atoms with Gasteiger partial charge in [-0.15, -0.1) is 11.3 Å². The Morgan fingerprint density at radius 3 is 2.88 bits per heavy atom. The third-order valence-electron chi connectivity index (χ3n) is 4.67. The molecule has 0 spiro atoms. The summed E-state index contributed by atoms with van der Waals surface area (Å²) in [4.78, 5) is 36.7. The first kappa shape index (κ1) is 18.5. The fraction of sp³-hybridized carbons (Fsp3) is 0.474. The Bertz CT molecular complexity index is 818. The number of hydrogen-bond acceptors (Lipinski definition) is 5. The van der Waals surface area contributed by atoms with Gasteiger partial charge in [0.25, 0.3) is 5.91 Å². The second-order valence-corrected chi connectivity index (χ2v) is 7.71. The molecule has 3 rings (SSSR count). The van der Waals surface area contributed by atoms with Gasteiger partial charge < -0.3 is 10.2 Å². The number of amides is 2. The summed E-state index contributed by atoms with van der Waals surface area (Å²) in [6, 6.07) is 3.76. The molecule has 0 aromatic carbocycles. The van der Waals surface area contributed by atoms with Crippen LogP contribution in [0.3, 0.4) is 0 Å². The zero-order valence-electron chi connectivity index (χ0n) is 15.4. The number of pyridine rings is 1. The number of anilines is 1. The van der Waals surface area contributed by atoms with Crippen molar-refractivity contribution < 1.29 is 9.59 Å². The topological polar surface area (TPSA) is 75.2 Å². The van der Waals surface area contributed by atoms with Crippen molar-refractivity contribution in [2.75, 3.05) is 18.4 Å². The Morgan fingerprint density at radius 1 is 1.38 bits per heavy atom. The Balaban J connectivity index is 1.68. The Hall–Kier alpha value is -2.28. The van der Waals surface area contributed by atoms with Gasteiger partial charge in [0.1, 0.15) is 10.7 Å².